The molecule has 0 bridgehead atoms. The number of aryl methyl sites for hydroxylation is 3. The Morgan fingerprint density at radius 1 is 1.20 bits per heavy atom. The van der Waals surface area contributed by atoms with Gasteiger partial charge in [0.05, 0.1) is 17.1 Å². The van der Waals surface area contributed by atoms with Crippen molar-refractivity contribution in [1.82, 2.24) is 29.6 Å². The fourth-order valence-electron chi connectivity index (χ4n) is 3.55. The predicted molar refractivity (Wildman–Crippen MR) is 118 cm³/mol. The van der Waals surface area contributed by atoms with Crippen molar-refractivity contribution in [2.24, 2.45) is 7.05 Å². The molecule has 1 aliphatic rings. The minimum atomic E-state index is 0.0286. The van der Waals surface area contributed by atoms with Crippen molar-refractivity contribution in [2.75, 3.05) is 18.4 Å². The second kappa shape index (κ2) is 8.74. The number of anilines is 2. The van der Waals surface area contributed by atoms with Crippen molar-refractivity contribution in [3.8, 4) is 0 Å². The average molecular weight is 424 g/mol. The van der Waals surface area contributed by atoms with Gasteiger partial charge in [-0.15, -0.1) is 11.3 Å². The summed E-state index contributed by atoms with van der Waals surface area (Å²) in [5, 5.41) is 8.29. The molecule has 30 heavy (non-hydrogen) atoms. The molecule has 0 saturated carbocycles. The smallest absolute Gasteiger partial charge is 0.246 e. The van der Waals surface area contributed by atoms with Gasteiger partial charge < -0.3 is 10.2 Å². The van der Waals surface area contributed by atoms with Gasteiger partial charge in [0.25, 0.3) is 0 Å². The topological polar surface area (TPSA) is 88.8 Å². The Hall–Kier alpha value is -3.07. The predicted octanol–water partition coefficient (Wildman–Crippen LogP) is 3.45. The Kier molecular flexibility index (Phi) is 5.89. The van der Waals surface area contributed by atoms with Crippen LogP contribution in [0.3, 0.4) is 0 Å². The molecule has 1 saturated heterocycles. The number of likely N-dealkylation sites (tertiary alicyclic amines) is 1. The van der Waals surface area contributed by atoms with Gasteiger partial charge in [-0.1, -0.05) is 0 Å². The first kappa shape index (κ1) is 20.2. The fraction of sp³-hybridized carbons (Fsp3) is 0.381. The highest BCUT2D eigenvalue weighted by atomic mass is 32.1. The molecule has 0 spiro atoms. The lowest BCUT2D eigenvalue weighted by molar-refractivity contribution is -0.126. The van der Waals surface area contributed by atoms with E-state index in [-0.39, 0.29) is 11.8 Å². The number of amides is 1. The third-order valence-electron chi connectivity index (χ3n) is 5.43. The van der Waals surface area contributed by atoms with E-state index in [4.69, 9.17) is 0 Å². The van der Waals surface area contributed by atoms with E-state index >= 15 is 0 Å². The first-order valence-electron chi connectivity index (χ1n) is 9.98. The van der Waals surface area contributed by atoms with Crippen LogP contribution in [0.5, 0.6) is 0 Å². The highest BCUT2D eigenvalue weighted by Crippen LogP contribution is 2.33. The summed E-state index contributed by atoms with van der Waals surface area (Å²) in [6.07, 6.45) is 10.3. The number of nitrogens with one attached hydrogen (secondary N) is 1. The van der Waals surface area contributed by atoms with Crippen LogP contribution in [0.2, 0.25) is 0 Å². The van der Waals surface area contributed by atoms with Gasteiger partial charge in [-0.25, -0.2) is 9.97 Å². The molecular formula is C21H25N7OS. The molecule has 1 aliphatic heterocycles. The number of carbonyl (C=O) groups is 1. The van der Waals surface area contributed by atoms with Gasteiger partial charge in [-0.05, 0) is 38.8 Å². The number of aromatic nitrogens is 5. The molecule has 0 aromatic carbocycles. The van der Waals surface area contributed by atoms with Crippen LogP contribution in [-0.2, 0) is 11.8 Å². The third-order valence-corrected chi connectivity index (χ3v) is 6.42. The summed E-state index contributed by atoms with van der Waals surface area (Å²) in [6, 6.07) is 1.88. The standard InChI is InChI=1S/C21H25N7OS/c1-14-15(2)30-21(25-14)26-20-19(22-10-11-23-20)16-7-12-28(13-8-16)18(29)5-4-17-6-9-24-27(17)3/h4-6,9-11,16H,7-8,12-13H2,1-3H3,(H,23,25,26)/b5-4+. The summed E-state index contributed by atoms with van der Waals surface area (Å²) in [4.78, 5) is 29.3. The zero-order chi connectivity index (χ0) is 21.1. The van der Waals surface area contributed by atoms with E-state index in [9.17, 15) is 4.79 Å². The molecule has 8 nitrogen and oxygen atoms in total. The summed E-state index contributed by atoms with van der Waals surface area (Å²) in [5.41, 5.74) is 2.88. The molecule has 0 aliphatic carbocycles. The molecule has 1 N–H and O–H groups in total. The summed E-state index contributed by atoms with van der Waals surface area (Å²) in [6.45, 7) is 5.46. The molecule has 1 fully saturated rings. The minimum absolute atomic E-state index is 0.0286. The molecule has 9 heteroatoms. The Labute approximate surface area is 179 Å². The molecular weight excluding hydrogens is 398 g/mol. The van der Waals surface area contributed by atoms with Gasteiger partial charge >= 0.3 is 0 Å². The zero-order valence-electron chi connectivity index (χ0n) is 17.4. The van der Waals surface area contributed by atoms with Crippen molar-refractivity contribution < 1.29 is 4.79 Å². The highest BCUT2D eigenvalue weighted by Gasteiger charge is 2.26. The van der Waals surface area contributed by atoms with Crippen molar-refractivity contribution in [2.45, 2.75) is 32.6 Å². The van der Waals surface area contributed by atoms with E-state index in [0.29, 0.717) is 13.1 Å². The van der Waals surface area contributed by atoms with Crippen LogP contribution >= 0.6 is 11.3 Å². The number of nitrogens with zero attached hydrogens (tertiary/aromatic N) is 6. The minimum Gasteiger partial charge on any atom is -0.339 e. The second-order valence-corrected chi connectivity index (χ2v) is 8.59. The van der Waals surface area contributed by atoms with E-state index in [0.717, 1.165) is 40.9 Å². The Bertz CT molecular complexity index is 1040. The molecule has 0 atom stereocenters. The lowest BCUT2D eigenvalue weighted by Crippen LogP contribution is -2.37. The van der Waals surface area contributed by atoms with Crippen molar-refractivity contribution in [3.63, 3.8) is 0 Å². The maximum Gasteiger partial charge on any atom is 0.246 e. The third kappa shape index (κ3) is 4.40. The summed E-state index contributed by atoms with van der Waals surface area (Å²) in [5.74, 6) is 1.04. The average Bonchev–Trinajstić information content (AvgIpc) is 3.30. The van der Waals surface area contributed by atoms with E-state index in [1.165, 1.54) is 4.88 Å². The Morgan fingerprint density at radius 2 is 1.97 bits per heavy atom. The lowest BCUT2D eigenvalue weighted by Gasteiger charge is -2.31. The van der Waals surface area contributed by atoms with Crippen LogP contribution in [0.1, 0.15) is 40.7 Å². The van der Waals surface area contributed by atoms with Crippen LogP contribution in [0.25, 0.3) is 6.08 Å². The van der Waals surface area contributed by atoms with Gasteiger partial charge in [-0.2, -0.15) is 5.10 Å². The van der Waals surface area contributed by atoms with Gasteiger partial charge in [0.15, 0.2) is 10.9 Å². The summed E-state index contributed by atoms with van der Waals surface area (Å²) in [7, 11) is 1.86. The normalized spacial score (nSPS) is 15.1. The molecule has 0 radical (unpaired) electrons. The van der Waals surface area contributed by atoms with Crippen molar-refractivity contribution in [3.05, 3.63) is 52.7 Å². The molecule has 3 aromatic rings. The van der Waals surface area contributed by atoms with E-state index < -0.39 is 0 Å². The van der Waals surface area contributed by atoms with E-state index in [1.54, 1.807) is 40.7 Å². The van der Waals surface area contributed by atoms with Crippen LogP contribution in [-0.4, -0.2) is 48.6 Å². The van der Waals surface area contributed by atoms with Crippen LogP contribution in [0.4, 0.5) is 10.9 Å². The molecule has 0 unspecified atom stereocenters. The van der Waals surface area contributed by atoms with Crippen LogP contribution in [0, 0.1) is 13.8 Å². The molecule has 3 aromatic heterocycles. The molecule has 4 rings (SSSR count). The molecule has 4 heterocycles. The zero-order valence-corrected chi connectivity index (χ0v) is 18.2. The number of thiazole rings is 1. The monoisotopic (exact) mass is 423 g/mol. The van der Waals surface area contributed by atoms with Gasteiger partial charge in [0.1, 0.15) is 0 Å². The number of hydrogen-bond donors (Lipinski definition) is 1. The van der Waals surface area contributed by atoms with Gasteiger partial charge in [0, 0.05) is 55.6 Å². The van der Waals surface area contributed by atoms with Crippen molar-refractivity contribution in [1.29, 1.82) is 0 Å². The van der Waals surface area contributed by atoms with Gasteiger partial charge in [-0.3, -0.25) is 14.5 Å². The number of carbonyl (C=O) groups excluding carboxylic acids is 1. The Morgan fingerprint density at radius 3 is 2.63 bits per heavy atom. The quantitative estimate of drug-likeness (QED) is 0.633. The first-order chi connectivity index (χ1) is 14.5. The number of hydrogen-bond acceptors (Lipinski definition) is 7. The maximum atomic E-state index is 12.6. The lowest BCUT2D eigenvalue weighted by atomic mass is 9.93. The van der Waals surface area contributed by atoms with Gasteiger partial charge in [0.2, 0.25) is 5.91 Å². The number of rotatable bonds is 5. The fourth-order valence-corrected chi connectivity index (χ4v) is 4.37. The van der Waals surface area contributed by atoms with Crippen molar-refractivity contribution >= 4 is 34.3 Å². The summed E-state index contributed by atoms with van der Waals surface area (Å²) < 4.78 is 1.74. The SMILES string of the molecule is Cc1nc(Nc2nccnc2C2CCN(C(=O)/C=C/c3ccnn3C)CC2)sc1C. The molecule has 156 valence electrons. The maximum absolute atomic E-state index is 12.6. The first-order valence-corrected chi connectivity index (χ1v) is 10.8. The summed E-state index contributed by atoms with van der Waals surface area (Å²) >= 11 is 1.62. The van der Waals surface area contributed by atoms with E-state index in [2.05, 4.69) is 32.3 Å². The Balaban J connectivity index is 1.40. The second-order valence-electron chi connectivity index (χ2n) is 7.39. The van der Waals surface area contributed by atoms with Crippen LogP contribution < -0.4 is 5.32 Å². The number of piperidine rings is 1. The largest absolute Gasteiger partial charge is 0.339 e. The highest BCUT2D eigenvalue weighted by molar-refractivity contribution is 7.15. The van der Waals surface area contributed by atoms with E-state index in [1.807, 2.05) is 31.0 Å². The molecule has 1 amide bonds. The van der Waals surface area contributed by atoms with Crippen LogP contribution in [0.15, 0.2) is 30.7 Å².